The first-order chi connectivity index (χ1) is 15.6. The van der Waals surface area contributed by atoms with Crippen molar-refractivity contribution in [3.8, 4) is 0 Å². The Kier molecular flexibility index (Phi) is 6.14. The SMILES string of the molecule is Cc1ccc(C(=O)NC2CCCC(C(F)(F)F)C2)cc1Nc1ccc2ncn(C)c(=O)c2c1. The van der Waals surface area contributed by atoms with Crippen LogP contribution in [0.1, 0.15) is 41.6 Å². The number of benzene rings is 2. The molecule has 2 aromatic carbocycles. The van der Waals surface area contributed by atoms with Gasteiger partial charge in [0.05, 0.1) is 23.1 Å². The number of carbonyl (C=O) groups excluding carboxylic acids is 1. The molecule has 1 heterocycles. The van der Waals surface area contributed by atoms with Crippen LogP contribution < -0.4 is 16.2 Å². The van der Waals surface area contributed by atoms with Crippen LogP contribution in [0.25, 0.3) is 10.9 Å². The van der Waals surface area contributed by atoms with E-state index in [-0.39, 0.29) is 18.4 Å². The van der Waals surface area contributed by atoms with Crippen molar-refractivity contribution in [2.75, 3.05) is 5.32 Å². The zero-order valence-electron chi connectivity index (χ0n) is 18.4. The molecule has 0 bridgehead atoms. The molecule has 4 rings (SSSR count). The minimum Gasteiger partial charge on any atom is -0.355 e. The number of hydrogen-bond donors (Lipinski definition) is 2. The van der Waals surface area contributed by atoms with E-state index in [2.05, 4.69) is 15.6 Å². The molecule has 174 valence electrons. The first-order valence-corrected chi connectivity index (χ1v) is 10.8. The second-order valence-electron chi connectivity index (χ2n) is 8.62. The van der Waals surface area contributed by atoms with Gasteiger partial charge in [0, 0.05) is 30.0 Å². The van der Waals surface area contributed by atoms with Crippen LogP contribution in [0.15, 0.2) is 47.5 Å². The van der Waals surface area contributed by atoms with Crippen molar-refractivity contribution in [1.82, 2.24) is 14.9 Å². The number of carbonyl (C=O) groups is 1. The highest BCUT2D eigenvalue weighted by molar-refractivity contribution is 5.96. The smallest absolute Gasteiger partial charge is 0.355 e. The monoisotopic (exact) mass is 458 g/mol. The van der Waals surface area contributed by atoms with Crippen LogP contribution in [0, 0.1) is 12.8 Å². The molecule has 1 aliphatic carbocycles. The van der Waals surface area contributed by atoms with Crippen LogP contribution in [0.3, 0.4) is 0 Å². The van der Waals surface area contributed by atoms with Crippen LogP contribution in [-0.4, -0.2) is 27.7 Å². The summed E-state index contributed by atoms with van der Waals surface area (Å²) < 4.78 is 40.6. The van der Waals surface area contributed by atoms with E-state index >= 15 is 0 Å². The Morgan fingerprint density at radius 2 is 1.94 bits per heavy atom. The molecule has 0 spiro atoms. The molecule has 1 aliphatic rings. The molecule has 2 N–H and O–H groups in total. The number of nitrogens with zero attached hydrogens (tertiary/aromatic N) is 2. The summed E-state index contributed by atoms with van der Waals surface area (Å²) >= 11 is 0. The van der Waals surface area contributed by atoms with Crippen LogP contribution in [0.4, 0.5) is 24.5 Å². The Hall–Kier alpha value is -3.36. The molecule has 3 aromatic rings. The van der Waals surface area contributed by atoms with Gasteiger partial charge in [-0.2, -0.15) is 13.2 Å². The summed E-state index contributed by atoms with van der Waals surface area (Å²) in [7, 11) is 1.63. The number of fused-ring (bicyclic) bond motifs is 1. The number of amides is 1. The summed E-state index contributed by atoms with van der Waals surface area (Å²) in [5.74, 6) is -1.77. The molecule has 0 radical (unpaired) electrons. The molecule has 2 atom stereocenters. The predicted molar refractivity (Wildman–Crippen MR) is 121 cm³/mol. The summed E-state index contributed by atoms with van der Waals surface area (Å²) in [4.78, 5) is 29.4. The topological polar surface area (TPSA) is 76.0 Å². The third-order valence-corrected chi connectivity index (χ3v) is 6.17. The first-order valence-electron chi connectivity index (χ1n) is 10.8. The minimum atomic E-state index is -4.24. The van der Waals surface area contributed by atoms with Crippen molar-refractivity contribution in [2.24, 2.45) is 13.0 Å². The van der Waals surface area contributed by atoms with Gasteiger partial charge >= 0.3 is 6.18 Å². The first kappa shape index (κ1) is 22.8. The predicted octanol–water partition coefficient (Wildman–Crippen LogP) is 4.84. The maximum atomic E-state index is 13.1. The third-order valence-electron chi connectivity index (χ3n) is 6.17. The standard InChI is InChI=1S/C24H25F3N4O2/c1-14-6-7-15(22(32)30-17-5-3-4-16(11-17)24(25,26)27)10-21(14)29-18-8-9-20-19(12-18)23(33)31(2)13-28-20/h6-10,12-13,16-17,29H,3-5,11H2,1-2H3,(H,30,32). The van der Waals surface area contributed by atoms with Crippen molar-refractivity contribution in [3.63, 3.8) is 0 Å². The molecule has 1 aromatic heterocycles. The van der Waals surface area contributed by atoms with Crippen LogP contribution in [0.5, 0.6) is 0 Å². The molecule has 1 fully saturated rings. The fraction of sp³-hybridized carbons (Fsp3) is 0.375. The summed E-state index contributed by atoms with van der Waals surface area (Å²) in [6.07, 6.45) is -1.78. The fourth-order valence-electron chi connectivity index (χ4n) is 4.23. The highest BCUT2D eigenvalue weighted by atomic mass is 19.4. The average Bonchev–Trinajstić information content (AvgIpc) is 2.77. The molecule has 33 heavy (non-hydrogen) atoms. The van der Waals surface area contributed by atoms with Crippen LogP contribution in [-0.2, 0) is 7.05 Å². The average molecular weight is 458 g/mol. The second-order valence-corrected chi connectivity index (χ2v) is 8.62. The summed E-state index contributed by atoms with van der Waals surface area (Å²) in [6.45, 7) is 1.88. The van der Waals surface area contributed by atoms with Crippen molar-refractivity contribution < 1.29 is 18.0 Å². The summed E-state index contributed by atoms with van der Waals surface area (Å²) in [5, 5.41) is 6.46. The molecular weight excluding hydrogens is 433 g/mol. The number of anilines is 2. The minimum absolute atomic E-state index is 0.0910. The van der Waals surface area contributed by atoms with Gasteiger partial charge in [0.2, 0.25) is 0 Å². The van der Waals surface area contributed by atoms with E-state index in [4.69, 9.17) is 0 Å². The Labute approximate surface area is 188 Å². The van der Waals surface area contributed by atoms with Gasteiger partial charge in [0.25, 0.3) is 11.5 Å². The van der Waals surface area contributed by atoms with Crippen molar-refractivity contribution in [1.29, 1.82) is 0 Å². The van der Waals surface area contributed by atoms with E-state index in [0.717, 1.165) is 5.56 Å². The molecule has 0 aliphatic heterocycles. The number of hydrogen-bond acceptors (Lipinski definition) is 4. The Morgan fingerprint density at radius 1 is 1.15 bits per heavy atom. The fourth-order valence-corrected chi connectivity index (χ4v) is 4.23. The van der Waals surface area contributed by atoms with Crippen LogP contribution >= 0.6 is 0 Å². The van der Waals surface area contributed by atoms with Crippen molar-refractivity contribution >= 4 is 28.2 Å². The highest BCUT2D eigenvalue weighted by Crippen LogP contribution is 2.37. The largest absolute Gasteiger partial charge is 0.391 e. The van der Waals surface area contributed by atoms with E-state index in [0.29, 0.717) is 40.7 Å². The van der Waals surface area contributed by atoms with E-state index in [1.807, 2.05) is 6.92 Å². The molecule has 2 unspecified atom stereocenters. The maximum absolute atomic E-state index is 13.1. The van der Waals surface area contributed by atoms with Gasteiger partial charge in [-0.3, -0.25) is 9.59 Å². The third kappa shape index (κ3) is 5.02. The summed E-state index contributed by atoms with van der Waals surface area (Å²) in [6, 6.07) is 9.83. The molecule has 1 amide bonds. The highest BCUT2D eigenvalue weighted by Gasteiger charge is 2.42. The van der Waals surface area contributed by atoms with Gasteiger partial charge in [-0.05, 0) is 62.1 Å². The van der Waals surface area contributed by atoms with Gasteiger partial charge in [0.15, 0.2) is 0 Å². The second kappa shape index (κ2) is 8.88. The number of nitrogens with one attached hydrogen (secondary N) is 2. The lowest BCUT2D eigenvalue weighted by atomic mass is 9.85. The van der Waals surface area contributed by atoms with Gasteiger partial charge < -0.3 is 15.2 Å². The van der Waals surface area contributed by atoms with E-state index in [9.17, 15) is 22.8 Å². The lowest BCUT2D eigenvalue weighted by Crippen LogP contribution is -2.41. The Bertz CT molecular complexity index is 1250. The van der Waals surface area contributed by atoms with Gasteiger partial charge in [-0.25, -0.2) is 4.98 Å². The molecule has 1 saturated carbocycles. The quantitative estimate of drug-likeness (QED) is 0.587. The Balaban J connectivity index is 1.52. The van der Waals surface area contributed by atoms with Crippen molar-refractivity contribution in [3.05, 3.63) is 64.2 Å². The van der Waals surface area contributed by atoms with Gasteiger partial charge in [0.1, 0.15) is 0 Å². The zero-order chi connectivity index (χ0) is 23.8. The normalized spacial score (nSPS) is 18.8. The van der Waals surface area contributed by atoms with Crippen molar-refractivity contribution in [2.45, 2.75) is 44.8 Å². The van der Waals surface area contributed by atoms with E-state index in [1.54, 1.807) is 43.4 Å². The number of aromatic nitrogens is 2. The lowest BCUT2D eigenvalue weighted by Gasteiger charge is -2.31. The van der Waals surface area contributed by atoms with E-state index < -0.39 is 24.0 Å². The van der Waals surface area contributed by atoms with Crippen LogP contribution in [0.2, 0.25) is 0 Å². The number of halogens is 3. The number of alkyl halides is 3. The lowest BCUT2D eigenvalue weighted by molar-refractivity contribution is -0.183. The molecular formula is C24H25F3N4O2. The number of aryl methyl sites for hydroxylation is 2. The molecule has 0 saturated heterocycles. The maximum Gasteiger partial charge on any atom is 0.391 e. The van der Waals surface area contributed by atoms with Gasteiger partial charge in [-0.15, -0.1) is 0 Å². The summed E-state index contributed by atoms with van der Waals surface area (Å²) in [5.41, 5.74) is 2.97. The van der Waals surface area contributed by atoms with E-state index in [1.165, 1.54) is 10.9 Å². The molecule has 9 heteroatoms. The van der Waals surface area contributed by atoms with Gasteiger partial charge in [-0.1, -0.05) is 12.5 Å². The zero-order valence-corrected chi connectivity index (χ0v) is 18.4. The Morgan fingerprint density at radius 3 is 2.70 bits per heavy atom. The number of rotatable bonds is 4. The molecule has 6 nitrogen and oxygen atoms in total.